The van der Waals surface area contributed by atoms with Gasteiger partial charge in [0.15, 0.2) is 0 Å². The smallest absolute Gasteiger partial charge is 0.361 e. The van der Waals surface area contributed by atoms with Crippen molar-refractivity contribution in [3.63, 3.8) is 0 Å². The minimum atomic E-state index is -4.40. The average molecular weight is 419 g/mol. The van der Waals surface area contributed by atoms with Crippen molar-refractivity contribution in [1.29, 1.82) is 0 Å². The molecule has 30 heavy (non-hydrogen) atoms. The number of benzene rings is 2. The zero-order valence-corrected chi connectivity index (χ0v) is 18.2. The lowest BCUT2D eigenvalue weighted by molar-refractivity contribution is -0.140. The van der Waals surface area contributed by atoms with E-state index in [1.54, 1.807) is 13.0 Å². The zero-order valence-electron chi connectivity index (χ0n) is 18.2. The first-order valence-electron chi connectivity index (χ1n) is 11.3. The maximum atomic E-state index is 14.3. The highest BCUT2D eigenvalue weighted by Gasteiger charge is 2.47. The highest BCUT2D eigenvalue weighted by Crippen LogP contribution is 2.49. The molecule has 0 bridgehead atoms. The van der Waals surface area contributed by atoms with Crippen LogP contribution < -0.4 is 0 Å². The van der Waals surface area contributed by atoms with E-state index in [1.165, 1.54) is 32.1 Å². The Labute approximate surface area is 178 Å². The number of unbranched alkanes of at least 4 members (excludes halogenated alkanes) is 7. The summed E-state index contributed by atoms with van der Waals surface area (Å²) in [5, 5.41) is 0. The monoisotopic (exact) mass is 418 g/mol. The number of rotatable bonds is 10. The van der Waals surface area contributed by atoms with E-state index in [0.717, 1.165) is 24.8 Å². The Bertz CT molecular complexity index is 813. The molecular formula is C26H33F3O. The average Bonchev–Trinajstić information content (AvgIpc) is 3.07. The molecule has 2 aromatic rings. The van der Waals surface area contributed by atoms with Crippen molar-refractivity contribution in [3.05, 3.63) is 70.3 Å². The Morgan fingerprint density at radius 2 is 1.50 bits per heavy atom. The van der Waals surface area contributed by atoms with Crippen LogP contribution in [0.15, 0.2) is 42.5 Å². The van der Waals surface area contributed by atoms with Crippen LogP contribution in [0.1, 0.15) is 93.0 Å². The molecule has 0 aliphatic carbocycles. The van der Waals surface area contributed by atoms with Gasteiger partial charge in [-0.15, -0.1) is 0 Å². The minimum absolute atomic E-state index is 0.210. The van der Waals surface area contributed by atoms with Crippen LogP contribution in [0.2, 0.25) is 0 Å². The summed E-state index contributed by atoms with van der Waals surface area (Å²) in [6.07, 6.45) is 5.09. The number of fused-ring (bicyclic) bond motifs is 1. The topological polar surface area (TPSA) is 9.23 Å². The normalized spacial score (nSPS) is 18.6. The molecule has 0 saturated carbocycles. The summed E-state index contributed by atoms with van der Waals surface area (Å²) in [4.78, 5) is 0. The Balaban J connectivity index is 1.79. The molecule has 0 spiro atoms. The third kappa shape index (κ3) is 5.08. The van der Waals surface area contributed by atoms with Gasteiger partial charge >= 0.3 is 6.18 Å². The van der Waals surface area contributed by atoms with E-state index in [0.29, 0.717) is 23.1 Å². The summed E-state index contributed by atoms with van der Waals surface area (Å²) in [5.41, 5.74) is 0.563. The number of ether oxygens (including phenoxy) is 1. The van der Waals surface area contributed by atoms with Gasteiger partial charge in [-0.05, 0) is 36.5 Å². The van der Waals surface area contributed by atoms with Crippen LogP contribution in [0.3, 0.4) is 0 Å². The lowest BCUT2D eigenvalue weighted by atomic mass is 9.81. The van der Waals surface area contributed by atoms with E-state index in [4.69, 9.17) is 4.74 Å². The van der Waals surface area contributed by atoms with Gasteiger partial charge in [0.05, 0.1) is 12.2 Å². The van der Waals surface area contributed by atoms with Crippen LogP contribution in [0, 0.1) is 0 Å². The first kappa shape index (κ1) is 22.9. The molecule has 2 aromatic carbocycles. The summed E-state index contributed by atoms with van der Waals surface area (Å²) in [6.45, 7) is 4.17. The molecule has 0 radical (unpaired) electrons. The quantitative estimate of drug-likeness (QED) is 0.353. The van der Waals surface area contributed by atoms with E-state index in [9.17, 15) is 13.2 Å². The highest BCUT2D eigenvalue weighted by atomic mass is 19.4. The lowest BCUT2D eigenvalue weighted by Crippen LogP contribution is -2.27. The van der Waals surface area contributed by atoms with Gasteiger partial charge in [0, 0.05) is 5.56 Å². The number of hydrogen-bond acceptors (Lipinski definition) is 1. The van der Waals surface area contributed by atoms with E-state index < -0.39 is 17.3 Å². The van der Waals surface area contributed by atoms with E-state index in [2.05, 4.69) is 6.92 Å². The maximum Gasteiger partial charge on any atom is 0.417 e. The van der Waals surface area contributed by atoms with Crippen LogP contribution in [0.25, 0.3) is 0 Å². The number of halogens is 3. The molecule has 0 saturated heterocycles. The molecule has 164 valence electrons. The van der Waals surface area contributed by atoms with Gasteiger partial charge in [0.2, 0.25) is 0 Å². The fourth-order valence-corrected chi connectivity index (χ4v) is 4.61. The fraction of sp³-hybridized carbons (Fsp3) is 0.538. The minimum Gasteiger partial charge on any atom is -0.361 e. The molecule has 1 aliphatic heterocycles. The van der Waals surface area contributed by atoms with Crippen molar-refractivity contribution in [2.24, 2.45) is 0 Å². The predicted molar refractivity (Wildman–Crippen MR) is 115 cm³/mol. The summed E-state index contributed by atoms with van der Waals surface area (Å²) in [5.74, 6) is 0. The molecule has 4 heteroatoms. The lowest BCUT2D eigenvalue weighted by Gasteiger charge is -2.29. The second-order valence-electron chi connectivity index (χ2n) is 8.54. The van der Waals surface area contributed by atoms with Crippen LogP contribution in [0.4, 0.5) is 13.2 Å². The van der Waals surface area contributed by atoms with E-state index >= 15 is 0 Å². The maximum absolute atomic E-state index is 14.3. The predicted octanol–water partition coefficient (Wildman–Crippen LogP) is 8.18. The van der Waals surface area contributed by atoms with Gasteiger partial charge in [0.25, 0.3) is 0 Å². The SMILES string of the molecule is CCCCCCCCCCc1ccc2c(c1C(F)(F)F)C(C)(c1ccccc1)OC2. The summed E-state index contributed by atoms with van der Waals surface area (Å²) in [7, 11) is 0. The molecule has 0 aromatic heterocycles. The van der Waals surface area contributed by atoms with Crippen molar-refractivity contribution in [1.82, 2.24) is 0 Å². The molecule has 1 unspecified atom stereocenters. The van der Waals surface area contributed by atoms with Crippen LogP contribution in [-0.2, 0) is 29.5 Å². The van der Waals surface area contributed by atoms with E-state index in [1.807, 2.05) is 36.4 Å². The number of alkyl halides is 3. The third-order valence-electron chi connectivity index (χ3n) is 6.28. The highest BCUT2D eigenvalue weighted by molar-refractivity contribution is 5.52. The Morgan fingerprint density at radius 3 is 2.13 bits per heavy atom. The van der Waals surface area contributed by atoms with Gasteiger partial charge in [-0.1, -0.05) is 94.3 Å². The van der Waals surface area contributed by atoms with Crippen molar-refractivity contribution < 1.29 is 17.9 Å². The van der Waals surface area contributed by atoms with Crippen LogP contribution >= 0.6 is 0 Å². The molecule has 1 heterocycles. The second kappa shape index (κ2) is 10.00. The first-order valence-corrected chi connectivity index (χ1v) is 11.3. The van der Waals surface area contributed by atoms with Gasteiger partial charge < -0.3 is 4.74 Å². The fourth-order valence-electron chi connectivity index (χ4n) is 4.61. The molecule has 3 rings (SSSR count). The molecule has 1 aliphatic rings. The Hall–Kier alpha value is -1.81. The molecule has 0 amide bonds. The zero-order chi connectivity index (χ0) is 21.6. The van der Waals surface area contributed by atoms with Crippen molar-refractivity contribution in [3.8, 4) is 0 Å². The standard InChI is InChI=1S/C26H33F3O/c1-3-4-5-6-7-8-9-11-14-20-17-18-21-19-30-25(2,22-15-12-10-13-16-22)23(21)24(20)26(27,28)29/h10,12-13,15-18H,3-9,11,14,19H2,1-2H3. The first-order chi connectivity index (χ1) is 14.4. The summed E-state index contributed by atoms with van der Waals surface area (Å²) < 4.78 is 48.7. The third-order valence-corrected chi connectivity index (χ3v) is 6.28. The molecule has 0 N–H and O–H groups in total. The second-order valence-corrected chi connectivity index (χ2v) is 8.54. The van der Waals surface area contributed by atoms with Crippen molar-refractivity contribution in [2.45, 2.75) is 90.0 Å². The van der Waals surface area contributed by atoms with Crippen molar-refractivity contribution >= 4 is 0 Å². The Morgan fingerprint density at radius 1 is 0.867 bits per heavy atom. The molecule has 1 atom stereocenters. The Kier molecular flexibility index (Phi) is 7.62. The van der Waals surface area contributed by atoms with Crippen molar-refractivity contribution in [2.75, 3.05) is 0 Å². The summed E-state index contributed by atoms with van der Waals surface area (Å²) in [6, 6.07) is 12.8. The van der Waals surface area contributed by atoms with Crippen LogP contribution in [0.5, 0.6) is 0 Å². The van der Waals surface area contributed by atoms with E-state index in [-0.39, 0.29) is 6.61 Å². The molecule has 1 nitrogen and oxygen atoms in total. The summed E-state index contributed by atoms with van der Waals surface area (Å²) >= 11 is 0. The van der Waals surface area contributed by atoms with Crippen LogP contribution in [-0.4, -0.2) is 0 Å². The largest absolute Gasteiger partial charge is 0.417 e. The van der Waals surface area contributed by atoms with Gasteiger partial charge in [-0.2, -0.15) is 13.2 Å². The molecular weight excluding hydrogens is 385 g/mol. The number of hydrogen-bond donors (Lipinski definition) is 0. The number of aryl methyl sites for hydroxylation is 1. The van der Waals surface area contributed by atoms with Gasteiger partial charge in [-0.25, -0.2) is 0 Å². The van der Waals surface area contributed by atoms with Gasteiger partial charge in [-0.3, -0.25) is 0 Å². The molecule has 0 fully saturated rings. The van der Waals surface area contributed by atoms with Gasteiger partial charge in [0.1, 0.15) is 5.60 Å².